The van der Waals surface area contributed by atoms with Crippen molar-refractivity contribution in [1.29, 1.82) is 0 Å². The summed E-state index contributed by atoms with van der Waals surface area (Å²) in [5, 5.41) is 3.03. The molecule has 3 heteroatoms. The van der Waals surface area contributed by atoms with Gasteiger partial charge in [0.05, 0.1) is 6.42 Å². The van der Waals surface area contributed by atoms with Crippen LogP contribution in [0.15, 0.2) is 48.5 Å². The maximum Gasteiger partial charge on any atom is 0.224 e. The second-order valence-corrected chi connectivity index (χ2v) is 7.28. The Balaban J connectivity index is 1.44. The van der Waals surface area contributed by atoms with Gasteiger partial charge in [-0.15, -0.1) is 0 Å². The fourth-order valence-corrected chi connectivity index (χ4v) is 3.48. The molecule has 1 aliphatic rings. The Labute approximate surface area is 157 Å². The molecular weight excluding hydrogens is 320 g/mol. The number of carbonyl (C=O) groups is 1. The SMILES string of the molecule is CCc1ccc(CC(=O)NCc2ccc(CN3CCCCC3)cc2)cc1. The molecule has 0 radical (unpaired) electrons. The molecule has 1 saturated heterocycles. The van der Waals surface area contributed by atoms with Crippen LogP contribution in [0.1, 0.15) is 48.4 Å². The first-order valence-corrected chi connectivity index (χ1v) is 9.87. The first kappa shape index (κ1) is 18.7. The third-order valence-corrected chi connectivity index (χ3v) is 5.16. The van der Waals surface area contributed by atoms with Crippen molar-refractivity contribution >= 4 is 5.91 Å². The molecule has 0 aromatic heterocycles. The second-order valence-electron chi connectivity index (χ2n) is 7.28. The van der Waals surface area contributed by atoms with Crippen LogP contribution in [0.2, 0.25) is 0 Å². The van der Waals surface area contributed by atoms with Gasteiger partial charge in [-0.1, -0.05) is 61.9 Å². The highest BCUT2D eigenvalue weighted by molar-refractivity contribution is 5.78. The molecule has 2 aromatic carbocycles. The predicted octanol–water partition coefficient (Wildman–Crippen LogP) is 4.09. The molecule has 0 aliphatic carbocycles. The van der Waals surface area contributed by atoms with Gasteiger partial charge in [-0.05, 0) is 54.6 Å². The van der Waals surface area contributed by atoms with Crippen LogP contribution < -0.4 is 5.32 Å². The highest BCUT2D eigenvalue weighted by Gasteiger charge is 2.10. The van der Waals surface area contributed by atoms with Crippen molar-refractivity contribution in [3.05, 3.63) is 70.8 Å². The van der Waals surface area contributed by atoms with Crippen molar-refractivity contribution in [2.75, 3.05) is 13.1 Å². The number of carbonyl (C=O) groups excluding carboxylic acids is 1. The number of benzene rings is 2. The van der Waals surface area contributed by atoms with Crippen molar-refractivity contribution in [2.24, 2.45) is 0 Å². The van der Waals surface area contributed by atoms with E-state index in [-0.39, 0.29) is 5.91 Å². The summed E-state index contributed by atoms with van der Waals surface area (Å²) in [4.78, 5) is 14.7. The molecular formula is C23H30N2O. The maximum absolute atomic E-state index is 12.2. The summed E-state index contributed by atoms with van der Waals surface area (Å²) in [6.45, 7) is 6.21. The lowest BCUT2D eigenvalue weighted by Crippen LogP contribution is -2.29. The minimum atomic E-state index is 0.0756. The predicted molar refractivity (Wildman–Crippen MR) is 107 cm³/mol. The number of nitrogens with zero attached hydrogens (tertiary/aromatic N) is 1. The van der Waals surface area contributed by atoms with Gasteiger partial charge >= 0.3 is 0 Å². The number of rotatable bonds is 7. The van der Waals surface area contributed by atoms with Crippen LogP contribution in [0.4, 0.5) is 0 Å². The Morgan fingerprint density at radius 3 is 2.08 bits per heavy atom. The van der Waals surface area contributed by atoms with Gasteiger partial charge < -0.3 is 5.32 Å². The molecule has 0 saturated carbocycles. The molecule has 3 nitrogen and oxygen atoms in total. The second kappa shape index (κ2) is 9.54. The van der Waals surface area contributed by atoms with E-state index >= 15 is 0 Å². The van der Waals surface area contributed by atoms with Gasteiger partial charge in [-0.25, -0.2) is 0 Å². The summed E-state index contributed by atoms with van der Waals surface area (Å²) in [5.41, 5.74) is 4.88. The molecule has 1 amide bonds. The van der Waals surface area contributed by atoms with Gasteiger partial charge in [0.2, 0.25) is 5.91 Å². The largest absolute Gasteiger partial charge is 0.352 e. The summed E-state index contributed by atoms with van der Waals surface area (Å²) in [7, 11) is 0. The average Bonchev–Trinajstić information content (AvgIpc) is 2.69. The summed E-state index contributed by atoms with van der Waals surface area (Å²) in [6.07, 6.45) is 5.49. The van der Waals surface area contributed by atoms with Gasteiger partial charge in [0, 0.05) is 13.1 Å². The zero-order chi connectivity index (χ0) is 18.2. The highest BCUT2D eigenvalue weighted by atomic mass is 16.1. The monoisotopic (exact) mass is 350 g/mol. The molecule has 0 atom stereocenters. The Bertz CT molecular complexity index is 685. The molecule has 2 aromatic rings. The van der Waals surface area contributed by atoms with Crippen LogP contribution >= 0.6 is 0 Å². The number of hydrogen-bond donors (Lipinski definition) is 1. The topological polar surface area (TPSA) is 32.3 Å². The number of likely N-dealkylation sites (tertiary alicyclic amines) is 1. The molecule has 1 fully saturated rings. The van der Waals surface area contributed by atoms with Crippen molar-refractivity contribution in [1.82, 2.24) is 10.2 Å². The van der Waals surface area contributed by atoms with E-state index in [9.17, 15) is 4.79 Å². The van der Waals surface area contributed by atoms with E-state index in [2.05, 4.69) is 53.5 Å². The minimum absolute atomic E-state index is 0.0756. The van der Waals surface area contributed by atoms with Crippen LogP contribution in [-0.4, -0.2) is 23.9 Å². The zero-order valence-corrected chi connectivity index (χ0v) is 15.8. The van der Waals surface area contributed by atoms with E-state index in [0.717, 1.165) is 24.1 Å². The van der Waals surface area contributed by atoms with Gasteiger partial charge in [0.15, 0.2) is 0 Å². The third kappa shape index (κ3) is 5.70. The average molecular weight is 351 g/mol. The lowest BCUT2D eigenvalue weighted by molar-refractivity contribution is -0.120. The van der Waals surface area contributed by atoms with Crippen LogP contribution in [0.5, 0.6) is 0 Å². The van der Waals surface area contributed by atoms with Crippen LogP contribution in [0.3, 0.4) is 0 Å². The van der Waals surface area contributed by atoms with E-state index in [1.54, 1.807) is 0 Å². The Morgan fingerprint density at radius 1 is 0.846 bits per heavy atom. The van der Waals surface area contributed by atoms with Crippen LogP contribution in [0, 0.1) is 0 Å². The molecule has 0 spiro atoms. The fourth-order valence-electron chi connectivity index (χ4n) is 3.48. The lowest BCUT2D eigenvalue weighted by atomic mass is 10.1. The Hall–Kier alpha value is -2.13. The van der Waals surface area contributed by atoms with Gasteiger partial charge in [-0.2, -0.15) is 0 Å². The van der Waals surface area contributed by atoms with E-state index < -0.39 is 0 Å². The number of amides is 1. The van der Waals surface area contributed by atoms with E-state index in [1.807, 2.05) is 12.1 Å². The standard InChI is InChI=1S/C23H30N2O/c1-2-19-6-8-20(9-7-19)16-23(26)24-17-21-10-12-22(13-11-21)18-25-14-4-3-5-15-25/h6-13H,2-5,14-18H2,1H3,(H,24,26). The summed E-state index contributed by atoms with van der Waals surface area (Å²) in [5.74, 6) is 0.0756. The Morgan fingerprint density at radius 2 is 1.42 bits per heavy atom. The van der Waals surface area contributed by atoms with E-state index in [1.165, 1.54) is 43.5 Å². The first-order chi connectivity index (χ1) is 12.7. The molecule has 0 unspecified atom stereocenters. The number of nitrogens with one attached hydrogen (secondary N) is 1. The molecule has 1 aliphatic heterocycles. The number of piperidine rings is 1. The quantitative estimate of drug-likeness (QED) is 0.815. The smallest absolute Gasteiger partial charge is 0.224 e. The van der Waals surface area contributed by atoms with Gasteiger partial charge in [0.1, 0.15) is 0 Å². The van der Waals surface area contributed by atoms with E-state index in [4.69, 9.17) is 0 Å². The Kier molecular flexibility index (Phi) is 6.84. The lowest BCUT2D eigenvalue weighted by Gasteiger charge is -2.26. The molecule has 1 heterocycles. The third-order valence-electron chi connectivity index (χ3n) is 5.16. The van der Waals surface area contributed by atoms with Crippen molar-refractivity contribution in [2.45, 2.75) is 52.1 Å². The van der Waals surface area contributed by atoms with Gasteiger partial charge in [0.25, 0.3) is 0 Å². The fraction of sp³-hybridized carbons (Fsp3) is 0.435. The first-order valence-electron chi connectivity index (χ1n) is 9.87. The van der Waals surface area contributed by atoms with E-state index in [0.29, 0.717) is 13.0 Å². The van der Waals surface area contributed by atoms with Crippen LogP contribution in [-0.2, 0) is 30.7 Å². The van der Waals surface area contributed by atoms with Gasteiger partial charge in [-0.3, -0.25) is 9.69 Å². The minimum Gasteiger partial charge on any atom is -0.352 e. The molecule has 138 valence electrons. The molecule has 3 rings (SSSR count). The summed E-state index contributed by atoms with van der Waals surface area (Å²) in [6, 6.07) is 17.0. The normalized spacial score (nSPS) is 15.0. The highest BCUT2D eigenvalue weighted by Crippen LogP contribution is 2.13. The summed E-state index contributed by atoms with van der Waals surface area (Å²) >= 11 is 0. The molecule has 0 bridgehead atoms. The molecule has 26 heavy (non-hydrogen) atoms. The molecule has 1 N–H and O–H groups in total. The van der Waals surface area contributed by atoms with Crippen molar-refractivity contribution < 1.29 is 4.79 Å². The number of hydrogen-bond acceptors (Lipinski definition) is 2. The zero-order valence-electron chi connectivity index (χ0n) is 15.8. The van der Waals surface area contributed by atoms with Crippen molar-refractivity contribution in [3.8, 4) is 0 Å². The van der Waals surface area contributed by atoms with Crippen molar-refractivity contribution in [3.63, 3.8) is 0 Å². The maximum atomic E-state index is 12.2. The van der Waals surface area contributed by atoms with Crippen LogP contribution in [0.25, 0.3) is 0 Å². The summed E-state index contributed by atoms with van der Waals surface area (Å²) < 4.78 is 0. The number of aryl methyl sites for hydroxylation is 1.